The summed E-state index contributed by atoms with van der Waals surface area (Å²) in [4.78, 5) is 28.5. The monoisotopic (exact) mass is 544 g/mol. The van der Waals surface area contributed by atoms with E-state index in [1.165, 1.54) is 0 Å². The maximum atomic E-state index is 13.7. The topological polar surface area (TPSA) is 67.2 Å². The molecule has 1 aliphatic heterocycles. The molecule has 0 fully saturated rings. The number of nitrogens with one attached hydrogen (secondary N) is 1. The quantitative estimate of drug-likeness (QED) is 0.296. The van der Waals surface area contributed by atoms with E-state index in [9.17, 15) is 9.59 Å². The summed E-state index contributed by atoms with van der Waals surface area (Å²) in [5, 5.41) is 12.3. The summed E-state index contributed by atoms with van der Waals surface area (Å²) in [5.41, 5.74) is 7.00. The number of hydrogen-bond donors (Lipinski definition) is 1. The Labute approximate surface area is 232 Å². The van der Waals surface area contributed by atoms with E-state index >= 15 is 0 Å². The fraction of sp³-hybridized carbons (Fsp3) is 0.300. The first kappa shape index (κ1) is 26.3. The van der Waals surface area contributed by atoms with Crippen LogP contribution < -0.4 is 10.2 Å². The molecule has 196 valence electrons. The van der Waals surface area contributed by atoms with Crippen LogP contribution in [0.5, 0.6) is 0 Å². The molecule has 0 saturated heterocycles. The molecule has 0 unspecified atom stereocenters. The van der Waals surface area contributed by atoms with Gasteiger partial charge in [-0.3, -0.25) is 14.5 Å². The SMILES string of the molecule is CC[C@H](C)NC(=O)CN1C(=O)CS[C@H](c2ccsc2)c2c(-c3ccccc3)nn(-c3ccc(C)cc3C)c21. The summed E-state index contributed by atoms with van der Waals surface area (Å²) >= 11 is 3.24. The zero-order chi connectivity index (χ0) is 26.8. The first-order valence-electron chi connectivity index (χ1n) is 12.9. The summed E-state index contributed by atoms with van der Waals surface area (Å²) in [7, 11) is 0. The summed E-state index contributed by atoms with van der Waals surface area (Å²) in [6.45, 7) is 8.07. The number of benzene rings is 2. The van der Waals surface area contributed by atoms with Crippen molar-refractivity contribution in [2.45, 2.75) is 45.4 Å². The second-order valence-electron chi connectivity index (χ2n) is 9.76. The van der Waals surface area contributed by atoms with E-state index in [0.29, 0.717) is 5.82 Å². The van der Waals surface area contributed by atoms with E-state index in [2.05, 4.69) is 60.3 Å². The molecule has 0 aliphatic carbocycles. The lowest BCUT2D eigenvalue weighted by Gasteiger charge is -2.24. The summed E-state index contributed by atoms with van der Waals surface area (Å²) in [6, 6.07) is 18.5. The van der Waals surface area contributed by atoms with Gasteiger partial charge in [0.15, 0.2) is 0 Å². The Morgan fingerprint density at radius 2 is 1.95 bits per heavy atom. The van der Waals surface area contributed by atoms with Crippen LogP contribution in [0.15, 0.2) is 65.4 Å². The molecule has 38 heavy (non-hydrogen) atoms. The number of thiophene rings is 1. The zero-order valence-corrected chi connectivity index (χ0v) is 23.7. The third kappa shape index (κ3) is 5.15. The highest BCUT2D eigenvalue weighted by Gasteiger charge is 2.38. The number of rotatable bonds is 7. The number of anilines is 1. The smallest absolute Gasteiger partial charge is 0.240 e. The molecule has 0 radical (unpaired) electrons. The van der Waals surface area contributed by atoms with Crippen LogP contribution in [0.25, 0.3) is 16.9 Å². The van der Waals surface area contributed by atoms with Crippen molar-refractivity contribution >= 4 is 40.7 Å². The number of hydrogen-bond acceptors (Lipinski definition) is 5. The molecule has 1 aliphatic rings. The summed E-state index contributed by atoms with van der Waals surface area (Å²) < 4.78 is 1.88. The van der Waals surface area contributed by atoms with Gasteiger partial charge in [-0.1, -0.05) is 55.0 Å². The van der Waals surface area contributed by atoms with Gasteiger partial charge in [-0.15, -0.1) is 11.8 Å². The number of nitrogens with zero attached hydrogens (tertiary/aromatic N) is 3. The van der Waals surface area contributed by atoms with Crippen molar-refractivity contribution in [1.29, 1.82) is 0 Å². The first-order chi connectivity index (χ1) is 18.4. The number of carbonyl (C=O) groups excluding carboxylic acids is 2. The molecule has 0 saturated carbocycles. The van der Waals surface area contributed by atoms with Crippen LogP contribution in [-0.2, 0) is 9.59 Å². The number of thioether (sulfide) groups is 1. The van der Waals surface area contributed by atoms with E-state index in [4.69, 9.17) is 5.10 Å². The van der Waals surface area contributed by atoms with Gasteiger partial charge >= 0.3 is 0 Å². The lowest BCUT2D eigenvalue weighted by Crippen LogP contribution is -2.44. The van der Waals surface area contributed by atoms with Crippen LogP contribution >= 0.6 is 23.1 Å². The van der Waals surface area contributed by atoms with Crippen molar-refractivity contribution in [3.05, 3.63) is 87.6 Å². The molecule has 2 aromatic carbocycles. The lowest BCUT2D eigenvalue weighted by molar-refractivity contribution is -0.123. The molecule has 3 heterocycles. The minimum Gasteiger partial charge on any atom is -0.352 e. The molecule has 2 atom stereocenters. The van der Waals surface area contributed by atoms with E-state index < -0.39 is 0 Å². The van der Waals surface area contributed by atoms with Crippen LogP contribution in [-0.4, -0.2) is 39.9 Å². The second-order valence-corrected chi connectivity index (χ2v) is 11.6. The van der Waals surface area contributed by atoms with Crippen LogP contribution in [0.4, 0.5) is 5.82 Å². The summed E-state index contributed by atoms with van der Waals surface area (Å²) in [6.07, 6.45) is 0.819. The highest BCUT2D eigenvalue weighted by atomic mass is 32.2. The van der Waals surface area contributed by atoms with Gasteiger partial charge in [-0.05, 0) is 61.2 Å². The molecule has 5 rings (SSSR count). The van der Waals surface area contributed by atoms with Gasteiger partial charge in [0.05, 0.1) is 22.4 Å². The molecular formula is C30H32N4O2S2. The third-order valence-electron chi connectivity index (χ3n) is 6.88. The van der Waals surface area contributed by atoms with Crippen LogP contribution in [0, 0.1) is 13.8 Å². The minimum atomic E-state index is -0.174. The van der Waals surface area contributed by atoms with Crippen LogP contribution in [0.2, 0.25) is 0 Å². The van der Waals surface area contributed by atoms with Gasteiger partial charge < -0.3 is 5.32 Å². The Kier molecular flexibility index (Phi) is 7.72. The van der Waals surface area contributed by atoms with Gasteiger partial charge in [-0.2, -0.15) is 16.4 Å². The largest absolute Gasteiger partial charge is 0.352 e. The van der Waals surface area contributed by atoms with E-state index in [1.807, 2.05) is 42.8 Å². The van der Waals surface area contributed by atoms with Gasteiger partial charge in [0.1, 0.15) is 12.4 Å². The summed E-state index contributed by atoms with van der Waals surface area (Å²) in [5.74, 6) is 0.666. The Morgan fingerprint density at radius 3 is 2.63 bits per heavy atom. The molecule has 0 spiro atoms. The fourth-order valence-corrected chi connectivity index (χ4v) is 6.75. The maximum Gasteiger partial charge on any atom is 0.240 e. The van der Waals surface area contributed by atoms with Crippen molar-refractivity contribution in [3.8, 4) is 16.9 Å². The first-order valence-corrected chi connectivity index (χ1v) is 14.9. The van der Waals surface area contributed by atoms with Crippen molar-refractivity contribution < 1.29 is 9.59 Å². The molecule has 2 aromatic heterocycles. The van der Waals surface area contributed by atoms with Gasteiger partial charge in [0.2, 0.25) is 11.8 Å². The van der Waals surface area contributed by atoms with Gasteiger partial charge in [-0.25, -0.2) is 4.68 Å². The molecule has 2 amide bonds. The molecule has 1 N–H and O–H groups in total. The van der Waals surface area contributed by atoms with Crippen molar-refractivity contribution in [3.63, 3.8) is 0 Å². The number of amides is 2. The molecule has 8 heteroatoms. The fourth-order valence-electron chi connectivity index (χ4n) is 4.79. The number of carbonyl (C=O) groups is 2. The van der Waals surface area contributed by atoms with Crippen molar-refractivity contribution in [2.24, 2.45) is 0 Å². The van der Waals surface area contributed by atoms with Gasteiger partial charge in [0, 0.05) is 17.2 Å². The second kappa shape index (κ2) is 11.2. The van der Waals surface area contributed by atoms with E-state index in [0.717, 1.165) is 45.6 Å². The van der Waals surface area contributed by atoms with Crippen LogP contribution in [0.3, 0.4) is 0 Å². The maximum absolute atomic E-state index is 13.7. The minimum absolute atomic E-state index is 0.0288. The standard InChI is InChI=1S/C30H32N4O2S2/c1-5-21(4)31-25(35)16-33-26(36)18-38-29(23-13-14-37-17-23)27-28(22-9-7-6-8-10-22)32-34(30(27)33)24-12-11-19(2)15-20(24)3/h6-15,17,21,29H,5,16,18H2,1-4H3,(H,31,35)/t21-,29+/m0/s1. The normalized spacial score (nSPS) is 16.2. The lowest BCUT2D eigenvalue weighted by atomic mass is 10.0. The number of fused-ring (bicyclic) bond motifs is 1. The van der Waals surface area contributed by atoms with E-state index in [-0.39, 0.29) is 35.4 Å². The van der Waals surface area contributed by atoms with Crippen molar-refractivity contribution in [1.82, 2.24) is 15.1 Å². The van der Waals surface area contributed by atoms with Crippen molar-refractivity contribution in [2.75, 3.05) is 17.2 Å². The Balaban J connectivity index is 1.78. The highest BCUT2D eigenvalue weighted by molar-refractivity contribution is 8.00. The average Bonchev–Trinajstić information content (AvgIpc) is 3.54. The zero-order valence-electron chi connectivity index (χ0n) is 22.1. The number of aryl methyl sites for hydroxylation is 2. The van der Waals surface area contributed by atoms with E-state index in [1.54, 1.807) is 28.0 Å². The molecule has 0 bridgehead atoms. The highest BCUT2D eigenvalue weighted by Crippen LogP contribution is 2.49. The van der Waals surface area contributed by atoms with Gasteiger partial charge in [0.25, 0.3) is 0 Å². The van der Waals surface area contributed by atoms with Crippen LogP contribution in [0.1, 0.15) is 47.8 Å². The predicted octanol–water partition coefficient (Wildman–Crippen LogP) is 6.30. The average molecular weight is 545 g/mol. The Hall–Kier alpha value is -3.36. The molecule has 4 aromatic rings. The third-order valence-corrected chi connectivity index (χ3v) is 8.84. The Morgan fingerprint density at radius 1 is 1.16 bits per heavy atom. The number of aromatic nitrogens is 2. The predicted molar refractivity (Wildman–Crippen MR) is 157 cm³/mol. The Bertz CT molecular complexity index is 1450. The molecule has 6 nitrogen and oxygen atoms in total. The molecular weight excluding hydrogens is 512 g/mol.